The number of hydrogen-bond acceptors (Lipinski definition) is 9. The number of nitrogens with one attached hydrogen (secondary N) is 3. The summed E-state index contributed by atoms with van der Waals surface area (Å²) in [5.74, 6) is 0.154. The van der Waals surface area contributed by atoms with E-state index in [9.17, 15) is 14.4 Å². The second-order valence-corrected chi connectivity index (χ2v) is 8.36. The average Bonchev–Trinajstić information content (AvgIpc) is 2.95. The summed E-state index contributed by atoms with van der Waals surface area (Å²) in [4.78, 5) is 46.9. The molecule has 3 amide bonds. The first-order valence-corrected chi connectivity index (χ1v) is 12.0. The molecule has 1 aliphatic rings. The number of amides is 3. The Morgan fingerprint density at radius 2 is 1.92 bits per heavy atom. The molecule has 1 unspecified atom stereocenters. The molecule has 212 valence electrons. The number of nitrogens with zero attached hydrogens (tertiary/aromatic N) is 4. The van der Waals surface area contributed by atoms with Gasteiger partial charge in [-0.25, -0.2) is 9.97 Å². The van der Waals surface area contributed by atoms with Gasteiger partial charge in [-0.2, -0.15) is 6.41 Å². The number of hydrogen-bond donors (Lipinski definition) is 4. The summed E-state index contributed by atoms with van der Waals surface area (Å²) in [5, 5.41) is 7.66. The summed E-state index contributed by atoms with van der Waals surface area (Å²) in [7, 11) is 0. The Hall–Kier alpha value is -5.58. The molecule has 1 atom stereocenters. The Balaban J connectivity index is 0.000000289. The number of anilines is 3. The standard InChI is InChI=1S/C16H18N5O2.C10H13N3O2.Fm/c1-10-15(17)18-8-14(21-10)13-5-3-12(4-6-13)7-19-16(23)11(2)20-9-22;14-8-12-9-7-11-2-1-10(9)13-3-5-15-6-4-13;/h3-6,8,11H,7H2,1-2H3,(H2,17,18)(H,19,23)(H,20,22);1-2,7-8H,3-6H2,(H,12,14);/q-1;;. The van der Waals surface area contributed by atoms with Crippen LogP contribution in [0.25, 0.3) is 11.3 Å². The third kappa shape index (κ3) is 8.50. The summed E-state index contributed by atoms with van der Waals surface area (Å²) < 4.78 is 5.27. The van der Waals surface area contributed by atoms with Gasteiger partial charge in [0.2, 0.25) is 12.3 Å². The molecule has 3 heterocycles. The Morgan fingerprint density at radius 1 is 1.21 bits per heavy atom. The van der Waals surface area contributed by atoms with Crippen LogP contribution in [0.4, 0.5) is 17.2 Å². The summed E-state index contributed by atoms with van der Waals surface area (Å²) in [6.45, 7) is 6.91. The van der Waals surface area contributed by atoms with Crippen LogP contribution < -0.4 is 26.6 Å². The number of nitrogens with two attached hydrogens (primary N) is 1. The summed E-state index contributed by atoms with van der Waals surface area (Å²) in [6.07, 6.45) is 7.17. The molecule has 0 spiro atoms. The molecule has 12 nitrogen and oxygen atoms in total. The van der Waals surface area contributed by atoms with Gasteiger partial charge in [0.25, 0.3) is 0 Å². The predicted octanol–water partition coefficient (Wildman–Crippen LogP) is 1.18. The first-order valence-electron chi connectivity index (χ1n) is 12.0. The van der Waals surface area contributed by atoms with Gasteiger partial charge in [0.1, 0.15) is 5.82 Å². The maximum absolute atomic E-state index is 11.7. The molecule has 1 saturated heterocycles. The number of carbonyl (C=O) groups is 2. The quantitative estimate of drug-likeness (QED) is 0.142. The fourth-order valence-electron chi connectivity index (χ4n) is 3.56. The number of pyridine rings is 1. The van der Waals surface area contributed by atoms with E-state index in [1.165, 1.54) is 6.41 Å². The zero-order valence-electron chi connectivity index (χ0n) is 21.6. The number of carbonyl (C=O) groups excluding carboxylic acids is 3. The van der Waals surface area contributed by atoms with E-state index in [1.807, 2.05) is 37.3 Å². The Labute approximate surface area is 221 Å². The molecular weight excluding hydrogens is 745 g/mol. The second kappa shape index (κ2) is 14.9. The molecule has 0 saturated carbocycles. The number of morpholine rings is 1. The third-order valence-corrected chi connectivity index (χ3v) is 5.73. The van der Waals surface area contributed by atoms with Crippen molar-refractivity contribution in [1.82, 2.24) is 25.6 Å². The molecule has 1 aliphatic heterocycles. The van der Waals surface area contributed by atoms with Gasteiger partial charge in [0.05, 0.1) is 54.4 Å². The van der Waals surface area contributed by atoms with Gasteiger partial charge in [-0.3, -0.25) is 14.6 Å². The van der Waals surface area contributed by atoms with E-state index < -0.39 is 6.04 Å². The van der Waals surface area contributed by atoms with E-state index in [-0.39, 0.29) is 5.91 Å². The second-order valence-electron chi connectivity index (χ2n) is 8.36. The molecule has 2 aromatic heterocycles. The Bertz CT molecular complexity index is 1220. The summed E-state index contributed by atoms with van der Waals surface area (Å²) in [6, 6.07) is 8.89. The van der Waals surface area contributed by atoms with Crippen molar-refractivity contribution in [2.45, 2.75) is 26.4 Å². The maximum atomic E-state index is 11.7. The fraction of sp³-hybridized carbons (Fsp3) is 0.308. The van der Waals surface area contributed by atoms with E-state index >= 15 is 0 Å². The van der Waals surface area contributed by atoms with Gasteiger partial charge < -0.3 is 36.1 Å². The van der Waals surface area contributed by atoms with Crippen molar-refractivity contribution < 1.29 is 19.1 Å². The molecule has 4 rings (SSSR count). The van der Waals surface area contributed by atoms with Gasteiger partial charge in [-0.15, -0.1) is 0 Å². The van der Waals surface area contributed by atoms with Crippen LogP contribution in [0.5, 0.6) is 0 Å². The molecule has 3 aromatic rings. The van der Waals surface area contributed by atoms with Crippen molar-refractivity contribution in [1.29, 1.82) is 0 Å². The van der Waals surface area contributed by atoms with Gasteiger partial charge in [0.15, 0.2) is 0 Å². The summed E-state index contributed by atoms with van der Waals surface area (Å²) in [5.41, 5.74) is 10.7. The smallest absolute Gasteiger partial charge is 0.239 e. The van der Waals surface area contributed by atoms with Crippen LogP contribution in [-0.4, -0.2) is 66.0 Å². The topological polar surface area (TPSA) is 164 Å². The van der Waals surface area contributed by atoms with Crippen molar-refractivity contribution in [2.75, 3.05) is 42.3 Å². The van der Waals surface area contributed by atoms with Gasteiger partial charge in [0, 0.05) is 31.4 Å². The minimum atomic E-state index is -0.611. The number of rotatable bonds is 9. The number of aromatic nitrogens is 3. The van der Waals surface area contributed by atoms with Crippen LogP contribution in [0.2, 0.25) is 0 Å². The first-order chi connectivity index (χ1) is 18.4. The van der Waals surface area contributed by atoms with Gasteiger partial charge in [-0.1, -0.05) is 24.3 Å². The van der Waals surface area contributed by atoms with Gasteiger partial charge >= 0.3 is 0 Å². The van der Waals surface area contributed by atoms with E-state index in [0.29, 0.717) is 24.5 Å². The summed E-state index contributed by atoms with van der Waals surface area (Å²) >= 11 is 0. The number of nitrogen functional groups attached to an aromatic ring is 1. The van der Waals surface area contributed by atoms with Gasteiger partial charge in [-0.05, 0) is 25.5 Å². The Morgan fingerprint density at radius 3 is 2.56 bits per heavy atom. The average molecular weight is 777 g/mol. The van der Waals surface area contributed by atoms with Crippen molar-refractivity contribution in [3.05, 3.63) is 60.2 Å². The largest absolute Gasteiger partial charge is 0.520 e. The van der Waals surface area contributed by atoms with Crippen molar-refractivity contribution in [3.63, 3.8) is 0 Å². The third-order valence-electron chi connectivity index (χ3n) is 5.73. The SMILES string of the molecule is Cc1nc(-c2ccc(CNC(=O)C(C)N[C-]=O)cc2)cnc1N.O=CNc1cnccc1N1CCOCC1.[Fm]. The predicted molar refractivity (Wildman–Crippen MR) is 144 cm³/mol. The van der Waals surface area contributed by atoms with Crippen molar-refractivity contribution >= 4 is 35.9 Å². The van der Waals surface area contributed by atoms with Crippen molar-refractivity contribution in [3.8, 4) is 11.3 Å². The minimum absolute atomic E-state index is 0. The van der Waals surface area contributed by atoms with Crippen LogP contribution in [0.15, 0.2) is 48.9 Å². The zero-order valence-corrected chi connectivity index (χ0v) is 24.0. The molecule has 39 heavy (non-hydrogen) atoms. The number of aryl methyl sites for hydroxylation is 1. The van der Waals surface area contributed by atoms with Crippen LogP contribution >= 0.6 is 0 Å². The first kappa shape index (κ1) is 29.6. The molecule has 13 heteroatoms. The van der Waals surface area contributed by atoms with E-state index in [2.05, 4.69) is 35.8 Å². The van der Waals surface area contributed by atoms with Crippen molar-refractivity contribution in [2.24, 2.45) is 0 Å². The van der Waals surface area contributed by atoms with Crippen LogP contribution in [0.3, 0.4) is 0 Å². The normalized spacial score (nSPS) is 13.0. The van der Waals surface area contributed by atoms with Crippen LogP contribution in [0, 0.1) is 6.92 Å². The molecule has 0 radical (unpaired) electrons. The molecular formula is C26H31FmN8O4-. The minimum Gasteiger partial charge on any atom is -0.520 e. The molecule has 1 fully saturated rings. The number of ether oxygens (including phenoxy) is 1. The monoisotopic (exact) mass is 776 g/mol. The molecule has 1 aromatic carbocycles. The molecule has 5 N–H and O–H groups in total. The van der Waals surface area contributed by atoms with E-state index in [4.69, 9.17) is 10.5 Å². The van der Waals surface area contributed by atoms with E-state index in [1.54, 1.807) is 25.5 Å². The zero-order chi connectivity index (χ0) is 27.3. The maximum Gasteiger partial charge on any atom is 0.239 e. The van der Waals surface area contributed by atoms with Crippen LogP contribution in [-0.2, 0) is 25.7 Å². The molecule has 0 bridgehead atoms. The number of benzene rings is 1. The Kier molecular flexibility index (Phi) is 11.3. The molecule has 0 aliphatic carbocycles. The van der Waals surface area contributed by atoms with E-state index in [0.717, 1.165) is 54.5 Å². The fourth-order valence-corrected chi connectivity index (χ4v) is 3.56. The van der Waals surface area contributed by atoms with Crippen LogP contribution in [0.1, 0.15) is 18.2 Å².